The van der Waals surface area contributed by atoms with E-state index in [1.54, 1.807) is 0 Å². The number of nitrogens with two attached hydrogens (primary N) is 1. The molecule has 0 heterocycles. The highest BCUT2D eigenvalue weighted by molar-refractivity contribution is 5.90. The molecule has 3 nitrogen and oxygen atoms in total. The first kappa shape index (κ1) is 9.45. The van der Waals surface area contributed by atoms with Gasteiger partial charge in [-0.1, -0.05) is 30.3 Å². The quantitative estimate of drug-likeness (QED) is 0.538. The summed E-state index contributed by atoms with van der Waals surface area (Å²) in [6.45, 7) is 0. The van der Waals surface area contributed by atoms with E-state index >= 15 is 0 Å². The van der Waals surface area contributed by atoms with E-state index in [-0.39, 0.29) is 0 Å². The zero-order valence-electron chi connectivity index (χ0n) is 7.14. The van der Waals surface area contributed by atoms with Gasteiger partial charge in [0.2, 0.25) is 5.91 Å². The minimum Gasteiger partial charge on any atom is -0.369 e. The standard InChI is InChI=1S/C10H11NO2/c11-10(13)9(7-12)6-8-4-2-1-3-5-8/h1-5,7,9H,6H2,(H2,11,13)/t9-/m1/s1. The molecule has 1 amide bonds. The second-order valence-corrected chi connectivity index (χ2v) is 2.83. The number of carbonyl (C=O) groups excluding carboxylic acids is 2. The van der Waals surface area contributed by atoms with Gasteiger partial charge in [-0.25, -0.2) is 0 Å². The summed E-state index contributed by atoms with van der Waals surface area (Å²) in [5.74, 6) is -1.28. The average Bonchev–Trinajstić information content (AvgIpc) is 2.15. The Kier molecular flexibility index (Phi) is 3.20. The number of rotatable bonds is 4. The molecule has 0 saturated heterocycles. The molecule has 0 spiro atoms. The van der Waals surface area contributed by atoms with Crippen molar-refractivity contribution in [3.63, 3.8) is 0 Å². The lowest BCUT2D eigenvalue weighted by Crippen LogP contribution is -2.26. The topological polar surface area (TPSA) is 60.2 Å². The summed E-state index contributed by atoms with van der Waals surface area (Å²) >= 11 is 0. The average molecular weight is 177 g/mol. The number of aldehydes is 1. The van der Waals surface area contributed by atoms with Crippen LogP contribution in [-0.4, -0.2) is 12.2 Å². The van der Waals surface area contributed by atoms with Gasteiger partial charge in [0.05, 0.1) is 5.92 Å². The van der Waals surface area contributed by atoms with E-state index in [9.17, 15) is 9.59 Å². The van der Waals surface area contributed by atoms with Crippen LogP contribution in [0.1, 0.15) is 5.56 Å². The summed E-state index contributed by atoms with van der Waals surface area (Å²) < 4.78 is 0. The highest BCUT2D eigenvalue weighted by Gasteiger charge is 2.13. The van der Waals surface area contributed by atoms with Crippen LogP contribution in [0.5, 0.6) is 0 Å². The lowest BCUT2D eigenvalue weighted by Gasteiger charge is -2.04. The van der Waals surface area contributed by atoms with Crippen molar-refractivity contribution >= 4 is 12.2 Å². The second-order valence-electron chi connectivity index (χ2n) is 2.83. The maximum Gasteiger partial charge on any atom is 0.228 e. The maximum atomic E-state index is 10.7. The van der Waals surface area contributed by atoms with Crippen LogP contribution < -0.4 is 5.73 Å². The lowest BCUT2D eigenvalue weighted by atomic mass is 10.0. The van der Waals surface area contributed by atoms with Crippen molar-refractivity contribution in [1.29, 1.82) is 0 Å². The minimum absolute atomic E-state index is 0.389. The second kappa shape index (κ2) is 4.40. The molecule has 3 heteroatoms. The van der Waals surface area contributed by atoms with Crippen LogP contribution in [-0.2, 0) is 16.0 Å². The summed E-state index contributed by atoms with van der Waals surface area (Å²) in [6, 6.07) is 9.32. The third-order valence-corrected chi connectivity index (χ3v) is 1.83. The van der Waals surface area contributed by atoms with Crippen molar-refractivity contribution in [2.24, 2.45) is 11.7 Å². The van der Waals surface area contributed by atoms with E-state index < -0.39 is 11.8 Å². The number of primary amides is 1. The largest absolute Gasteiger partial charge is 0.369 e. The van der Waals surface area contributed by atoms with Crippen LogP contribution in [0.4, 0.5) is 0 Å². The fraction of sp³-hybridized carbons (Fsp3) is 0.200. The predicted octanol–water partition coefficient (Wildman–Crippen LogP) is 0.529. The fourth-order valence-electron chi connectivity index (χ4n) is 1.08. The smallest absolute Gasteiger partial charge is 0.228 e. The molecular formula is C10H11NO2. The SMILES string of the molecule is NC(=O)[C@@H](C=O)Cc1ccccc1. The van der Waals surface area contributed by atoms with Gasteiger partial charge in [0, 0.05) is 0 Å². The van der Waals surface area contributed by atoms with E-state index in [4.69, 9.17) is 5.73 Å². The Balaban J connectivity index is 2.67. The van der Waals surface area contributed by atoms with Gasteiger partial charge in [0.25, 0.3) is 0 Å². The van der Waals surface area contributed by atoms with Crippen molar-refractivity contribution in [3.05, 3.63) is 35.9 Å². The number of benzene rings is 1. The minimum atomic E-state index is -0.706. The van der Waals surface area contributed by atoms with Crippen molar-refractivity contribution < 1.29 is 9.59 Å². The first-order valence-electron chi connectivity index (χ1n) is 4.02. The molecule has 0 aliphatic heterocycles. The molecule has 0 radical (unpaired) electrons. The predicted molar refractivity (Wildman–Crippen MR) is 48.9 cm³/mol. The van der Waals surface area contributed by atoms with Crippen LogP contribution in [0.25, 0.3) is 0 Å². The van der Waals surface area contributed by atoms with Gasteiger partial charge in [-0.05, 0) is 12.0 Å². The fourth-order valence-corrected chi connectivity index (χ4v) is 1.08. The van der Waals surface area contributed by atoms with Crippen molar-refractivity contribution in [1.82, 2.24) is 0 Å². The zero-order valence-corrected chi connectivity index (χ0v) is 7.14. The van der Waals surface area contributed by atoms with Crippen molar-refractivity contribution in [2.75, 3.05) is 0 Å². The number of carbonyl (C=O) groups is 2. The number of amides is 1. The van der Waals surface area contributed by atoms with Crippen molar-refractivity contribution in [3.8, 4) is 0 Å². The van der Waals surface area contributed by atoms with Gasteiger partial charge >= 0.3 is 0 Å². The van der Waals surface area contributed by atoms with E-state index in [1.165, 1.54) is 0 Å². The van der Waals surface area contributed by atoms with Crippen LogP contribution in [0.2, 0.25) is 0 Å². The number of hydrogen-bond donors (Lipinski definition) is 1. The Labute approximate surface area is 76.6 Å². The van der Waals surface area contributed by atoms with Crippen molar-refractivity contribution in [2.45, 2.75) is 6.42 Å². The van der Waals surface area contributed by atoms with E-state index in [0.717, 1.165) is 5.56 Å². The summed E-state index contributed by atoms with van der Waals surface area (Å²) in [6.07, 6.45) is 0.981. The first-order valence-corrected chi connectivity index (χ1v) is 4.02. The highest BCUT2D eigenvalue weighted by Crippen LogP contribution is 2.05. The van der Waals surface area contributed by atoms with Crippen LogP contribution >= 0.6 is 0 Å². The maximum absolute atomic E-state index is 10.7. The summed E-state index contributed by atoms with van der Waals surface area (Å²) in [7, 11) is 0. The van der Waals surface area contributed by atoms with E-state index in [0.29, 0.717) is 12.7 Å². The lowest BCUT2D eigenvalue weighted by molar-refractivity contribution is -0.126. The molecule has 0 aliphatic rings. The zero-order chi connectivity index (χ0) is 9.68. The Morgan fingerprint density at radius 2 is 2.00 bits per heavy atom. The van der Waals surface area contributed by atoms with Crippen LogP contribution in [0.3, 0.4) is 0 Å². The summed E-state index contributed by atoms with van der Waals surface area (Å²) in [5.41, 5.74) is 5.97. The molecule has 0 saturated carbocycles. The first-order chi connectivity index (χ1) is 6.24. The van der Waals surface area contributed by atoms with Gasteiger partial charge in [-0.15, -0.1) is 0 Å². The molecule has 0 unspecified atom stereocenters. The van der Waals surface area contributed by atoms with Gasteiger partial charge < -0.3 is 10.5 Å². The molecule has 1 aromatic carbocycles. The number of hydrogen-bond acceptors (Lipinski definition) is 2. The van der Waals surface area contributed by atoms with Gasteiger partial charge in [-0.3, -0.25) is 4.79 Å². The van der Waals surface area contributed by atoms with E-state index in [2.05, 4.69) is 0 Å². The molecule has 0 aromatic heterocycles. The normalized spacial score (nSPS) is 12.0. The molecule has 1 atom stereocenters. The third kappa shape index (κ3) is 2.71. The molecule has 0 fully saturated rings. The van der Waals surface area contributed by atoms with E-state index in [1.807, 2.05) is 30.3 Å². The molecule has 0 bridgehead atoms. The molecule has 68 valence electrons. The van der Waals surface area contributed by atoms with Crippen LogP contribution in [0, 0.1) is 5.92 Å². The Hall–Kier alpha value is -1.64. The molecular weight excluding hydrogens is 166 g/mol. The molecule has 2 N–H and O–H groups in total. The summed E-state index contributed by atoms with van der Waals surface area (Å²) in [5, 5.41) is 0. The Morgan fingerprint density at radius 1 is 1.38 bits per heavy atom. The van der Waals surface area contributed by atoms with Gasteiger partial charge in [0.1, 0.15) is 6.29 Å². The molecule has 1 aromatic rings. The third-order valence-electron chi connectivity index (χ3n) is 1.83. The monoisotopic (exact) mass is 177 g/mol. The molecule has 13 heavy (non-hydrogen) atoms. The molecule has 1 rings (SSSR count). The summed E-state index contributed by atoms with van der Waals surface area (Å²) in [4.78, 5) is 21.2. The van der Waals surface area contributed by atoms with Crippen LogP contribution in [0.15, 0.2) is 30.3 Å². The Bertz CT molecular complexity index is 295. The van der Waals surface area contributed by atoms with Gasteiger partial charge in [-0.2, -0.15) is 0 Å². The molecule has 0 aliphatic carbocycles. The Morgan fingerprint density at radius 3 is 2.46 bits per heavy atom. The highest BCUT2D eigenvalue weighted by atomic mass is 16.2. The van der Waals surface area contributed by atoms with Gasteiger partial charge in [0.15, 0.2) is 0 Å².